The summed E-state index contributed by atoms with van der Waals surface area (Å²) in [5, 5.41) is 9.38. The van der Waals surface area contributed by atoms with Gasteiger partial charge < -0.3 is 14.8 Å². The van der Waals surface area contributed by atoms with E-state index in [-0.39, 0.29) is 23.8 Å². The van der Waals surface area contributed by atoms with Crippen LogP contribution >= 0.6 is 11.3 Å². The van der Waals surface area contributed by atoms with Gasteiger partial charge in [-0.05, 0) is 36.1 Å². The SMILES string of the molecule is COc1ccc(CC(=O)Nc2cc(-c3cccs3)nn2-c2nc(C)cc(=O)[nH]2)cc1OC. The van der Waals surface area contributed by atoms with Gasteiger partial charge in [-0.1, -0.05) is 12.1 Å². The minimum absolute atomic E-state index is 0.109. The van der Waals surface area contributed by atoms with Crippen molar-refractivity contribution in [3.05, 3.63) is 69.5 Å². The molecule has 0 aliphatic heterocycles. The first-order valence-corrected chi connectivity index (χ1v) is 10.6. The number of thiophene rings is 1. The van der Waals surface area contributed by atoms with Gasteiger partial charge in [0, 0.05) is 17.8 Å². The first-order chi connectivity index (χ1) is 15.5. The lowest BCUT2D eigenvalue weighted by atomic mass is 10.1. The molecular formula is C22H21N5O4S. The fraction of sp³-hybridized carbons (Fsp3) is 0.182. The summed E-state index contributed by atoms with van der Waals surface area (Å²) >= 11 is 1.52. The van der Waals surface area contributed by atoms with Crippen LogP contribution in [0.1, 0.15) is 11.3 Å². The summed E-state index contributed by atoms with van der Waals surface area (Å²) in [6, 6.07) is 12.3. The Morgan fingerprint density at radius 2 is 1.97 bits per heavy atom. The van der Waals surface area contributed by atoms with E-state index in [1.165, 1.54) is 22.1 Å². The van der Waals surface area contributed by atoms with Crippen LogP contribution in [0.15, 0.2) is 52.6 Å². The van der Waals surface area contributed by atoms with E-state index in [0.717, 1.165) is 10.4 Å². The summed E-state index contributed by atoms with van der Waals surface area (Å²) in [7, 11) is 3.10. The molecule has 164 valence electrons. The Kier molecular flexibility index (Phi) is 6.04. The number of aryl methyl sites for hydroxylation is 1. The molecule has 2 N–H and O–H groups in total. The van der Waals surface area contributed by atoms with Gasteiger partial charge in [-0.3, -0.25) is 14.6 Å². The van der Waals surface area contributed by atoms with Gasteiger partial charge in [0.25, 0.3) is 5.56 Å². The molecule has 1 amide bonds. The number of aromatic nitrogens is 4. The lowest BCUT2D eigenvalue weighted by molar-refractivity contribution is -0.115. The Balaban J connectivity index is 1.65. The average molecular weight is 452 g/mol. The fourth-order valence-corrected chi connectivity index (χ4v) is 3.88. The number of hydrogen-bond acceptors (Lipinski definition) is 7. The zero-order valence-corrected chi connectivity index (χ0v) is 18.5. The van der Waals surface area contributed by atoms with Crippen LogP contribution < -0.4 is 20.3 Å². The van der Waals surface area contributed by atoms with Crippen molar-refractivity contribution in [2.24, 2.45) is 0 Å². The number of carbonyl (C=O) groups is 1. The zero-order valence-electron chi connectivity index (χ0n) is 17.7. The zero-order chi connectivity index (χ0) is 22.7. The van der Waals surface area contributed by atoms with Gasteiger partial charge in [0.1, 0.15) is 11.5 Å². The van der Waals surface area contributed by atoms with Gasteiger partial charge in [-0.15, -0.1) is 11.3 Å². The molecule has 0 saturated carbocycles. The number of ether oxygens (including phenoxy) is 2. The summed E-state index contributed by atoms with van der Waals surface area (Å²) in [5.41, 5.74) is 1.65. The highest BCUT2D eigenvalue weighted by atomic mass is 32.1. The van der Waals surface area contributed by atoms with Crippen LogP contribution in [0.2, 0.25) is 0 Å². The maximum Gasteiger partial charge on any atom is 0.252 e. The molecule has 0 saturated heterocycles. The van der Waals surface area contributed by atoms with Gasteiger partial charge in [0.05, 0.1) is 25.5 Å². The van der Waals surface area contributed by atoms with Gasteiger partial charge in [0.2, 0.25) is 11.9 Å². The summed E-state index contributed by atoms with van der Waals surface area (Å²) in [4.78, 5) is 32.8. The molecule has 0 fully saturated rings. The number of aromatic amines is 1. The van der Waals surface area contributed by atoms with Crippen LogP contribution in [0, 0.1) is 6.92 Å². The number of carbonyl (C=O) groups excluding carboxylic acids is 1. The van der Waals surface area contributed by atoms with Crippen LogP contribution in [0.5, 0.6) is 11.5 Å². The maximum absolute atomic E-state index is 12.8. The van der Waals surface area contributed by atoms with E-state index < -0.39 is 0 Å². The molecule has 0 aliphatic rings. The minimum Gasteiger partial charge on any atom is -0.493 e. The van der Waals surface area contributed by atoms with Crippen molar-refractivity contribution in [1.82, 2.24) is 19.7 Å². The molecule has 3 heterocycles. The quantitative estimate of drug-likeness (QED) is 0.446. The van der Waals surface area contributed by atoms with Crippen molar-refractivity contribution in [2.75, 3.05) is 19.5 Å². The molecule has 0 bridgehead atoms. The number of H-pyrrole nitrogens is 1. The smallest absolute Gasteiger partial charge is 0.252 e. The van der Waals surface area contributed by atoms with Crippen LogP contribution in [-0.2, 0) is 11.2 Å². The first-order valence-electron chi connectivity index (χ1n) is 9.70. The largest absolute Gasteiger partial charge is 0.493 e. The van der Waals surface area contributed by atoms with Crippen molar-refractivity contribution >= 4 is 23.1 Å². The van der Waals surface area contributed by atoms with Crippen LogP contribution in [0.4, 0.5) is 5.82 Å². The average Bonchev–Trinajstić information content (AvgIpc) is 3.43. The predicted molar refractivity (Wildman–Crippen MR) is 122 cm³/mol. The molecule has 3 aromatic heterocycles. The lowest BCUT2D eigenvalue weighted by Gasteiger charge is -2.10. The molecule has 0 unspecified atom stereocenters. The molecule has 4 aromatic rings. The third-order valence-corrected chi connectivity index (χ3v) is 5.51. The summed E-state index contributed by atoms with van der Waals surface area (Å²) in [6.45, 7) is 1.72. The number of nitrogens with zero attached hydrogens (tertiary/aromatic N) is 3. The monoisotopic (exact) mass is 451 g/mol. The molecule has 4 rings (SSSR count). The van der Waals surface area contributed by atoms with E-state index in [0.29, 0.717) is 28.7 Å². The van der Waals surface area contributed by atoms with Gasteiger partial charge >= 0.3 is 0 Å². The number of nitrogens with one attached hydrogen (secondary N) is 2. The van der Waals surface area contributed by atoms with Crippen molar-refractivity contribution < 1.29 is 14.3 Å². The number of anilines is 1. The van der Waals surface area contributed by atoms with E-state index in [1.54, 1.807) is 45.4 Å². The first kappa shape index (κ1) is 21.3. The molecule has 0 radical (unpaired) electrons. The molecular weight excluding hydrogens is 430 g/mol. The highest BCUT2D eigenvalue weighted by Crippen LogP contribution is 2.29. The van der Waals surface area contributed by atoms with E-state index in [4.69, 9.17) is 9.47 Å². The van der Waals surface area contributed by atoms with Gasteiger partial charge in [-0.25, -0.2) is 4.98 Å². The number of rotatable bonds is 7. The standard InChI is InChI=1S/C22H21N5O4S/c1-13-9-20(28)25-22(23-13)27-19(12-15(26-27)18-5-4-8-32-18)24-21(29)11-14-6-7-16(30-2)17(10-14)31-3/h4-10,12H,11H2,1-3H3,(H,24,29)(H,23,25,28). The third-order valence-electron chi connectivity index (χ3n) is 4.62. The Labute approximate surface area is 187 Å². The molecule has 32 heavy (non-hydrogen) atoms. The fourth-order valence-electron chi connectivity index (χ4n) is 3.20. The Bertz CT molecular complexity index is 1310. The van der Waals surface area contributed by atoms with Crippen molar-refractivity contribution in [2.45, 2.75) is 13.3 Å². The summed E-state index contributed by atoms with van der Waals surface area (Å²) < 4.78 is 12.0. The second kappa shape index (κ2) is 9.06. The van der Waals surface area contributed by atoms with Crippen molar-refractivity contribution in [3.63, 3.8) is 0 Å². The van der Waals surface area contributed by atoms with Crippen molar-refractivity contribution in [3.8, 4) is 28.0 Å². The van der Waals surface area contributed by atoms with E-state index >= 15 is 0 Å². The maximum atomic E-state index is 12.8. The van der Waals surface area contributed by atoms with Crippen LogP contribution in [0.3, 0.4) is 0 Å². The molecule has 1 aromatic carbocycles. The summed E-state index contributed by atoms with van der Waals surface area (Å²) in [5.74, 6) is 1.49. The second-order valence-electron chi connectivity index (χ2n) is 6.93. The van der Waals surface area contributed by atoms with E-state index in [2.05, 4.69) is 20.4 Å². The molecule has 0 atom stereocenters. The normalized spacial score (nSPS) is 10.7. The third kappa shape index (κ3) is 4.54. The number of methoxy groups -OCH3 is 2. The number of hydrogen-bond donors (Lipinski definition) is 2. The van der Waals surface area contributed by atoms with E-state index in [9.17, 15) is 9.59 Å². The number of benzene rings is 1. The van der Waals surface area contributed by atoms with Gasteiger partial charge in [0.15, 0.2) is 11.5 Å². The van der Waals surface area contributed by atoms with E-state index in [1.807, 2.05) is 17.5 Å². The molecule has 0 spiro atoms. The Hall–Kier alpha value is -3.92. The van der Waals surface area contributed by atoms with Crippen molar-refractivity contribution in [1.29, 1.82) is 0 Å². The number of amides is 1. The van der Waals surface area contributed by atoms with Crippen LogP contribution in [0.25, 0.3) is 16.5 Å². The molecule has 9 nitrogen and oxygen atoms in total. The molecule has 0 aliphatic carbocycles. The highest BCUT2D eigenvalue weighted by Gasteiger charge is 2.17. The minimum atomic E-state index is -0.303. The van der Waals surface area contributed by atoms with Crippen LogP contribution in [-0.4, -0.2) is 39.9 Å². The Morgan fingerprint density at radius 3 is 2.66 bits per heavy atom. The predicted octanol–water partition coefficient (Wildman–Crippen LogP) is 3.19. The Morgan fingerprint density at radius 1 is 1.16 bits per heavy atom. The van der Waals surface area contributed by atoms with Gasteiger partial charge in [-0.2, -0.15) is 9.78 Å². The lowest BCUT2D eigenvalue weighted by Crippen LogP contribution is -2.20. The second-order valence-corrected chi connectivity index (χ2v) is 7.88. The molecule has 10 heteroatoms. The topological polar surface area (TPSA) is 111 Å². The summed E-state index contributed by atoms with van der Waals surface area (Å²) in [6.07, 6.45) is 0.109. The highest BCUT2D eigenvalue weighted by molar-refractivity contribution is 7.13.